The molecule has 27 heavy (non-hydrogen) atoms. The van der Waals surface area contributed by atoms with Crippen molar-refractivity contribution in [2.45, 2.75) is 18.8 Å². The van der Waals surface area contributed by atoms with Crippen LogP contribution in [0.1, 0.15) is 45.4 Å². The minimum atomic E-state index is -0.435. The van der Waals surface area contributed by atoms with Gasteiger partial charge < -0.3 is 15.2 Å². The highest BCUT2D eigenvalue weighted by Crippen LogP contribution is 2.40. The van der Waals surface area contributed by atoms with Gasteiger partial charge in [-0.2, -0.15) is 0 Å². The molecule has 7 nitrogen and oxygen atoms in total. The van der Waals surface area contributed by atoms with Crippen molar-refractivity contribution in [1.29, 1.82) is 0 Å². The van der Waals surface area contributed by atoms with E-state index in [0.29, 0.717) is 28.0 Å². The number of hydrogen-bond acceptors (Lipinski definition) is 5. The average molecular weight is 383 g/mol. The van der Waals surface area contributed by atoms with Crippen LogP contribution >= 0.6 is 11.6 Å². The van der Waals surface area contributed by atoms with E-state index in [1.807, 2.05) is 0 Å². The maximum Gasteiger partial charge on any atom is 0.277 e. The van der Waals surface area contributed by atoms with Gasteiger partial charge in [0.1, 0.15) is 11.6 Å². The number of anilines is 2. The second-order valence-corrected chi connectivity index (χ2v) is 6.64. The third-order valence-corrected chi connectivity index (χ3v) is 4.35. The lowest BCUT2D eigenvalue weighted by Gasteiger charge is -2.10. The van der Waals surface area contributed by atoms with Crippen molar-refractivity contribution in [2.75, 3.05) is 10.6 Å². The van der Waals surface area contributed by atoms with E-state index in [1.165, 1.54) is 6.20 Å². The Hall–Kier alpha value is -3.19. The molecule has 1 fully saturated rings. The molecule has 1 aromatic carbocycles. The summed E-state index contributed by atoms with van der Waals surface area (Å²) in [7, 11) is 0. The summed E-state index contributed by atoms with van der Waals surface area (Å²) in [6.45, 7) is 0. The fourth-order valence-electron chi connectivity index (χ4n) is 2.57. The smallest absolute Gasteiger partial charge is 0.277 e. The number of pyridine rings is 1. The first-order valence-electron chi connectivity index (χ1n) is 8.40. The average Bonchev–Trinajstić information content (AvgIpc) is 3.40. The Morgan fingerprint density at radius 2 is 1.89 bits per heavy atom. The number of hydrogen-bond donors (Lipinski definition) is 2. The lowest BCUT2D eigenvalue weighted by Crippen LogP contribution is -2.18. The molecule has 4 rings (SSSR count). The van der Waals surface area contributed by atoms with Crippen molar-refractivity contribution in [3.8, 4) is 0 Å². The second-order valence-electron chi connectivity index (χ2n) is 6.20. The number of aromatic nitrogens is 2. The lowest BCUT2D eigenvalue weighted by molar-refractivity contribution is 0.101. The number of nitrogens with zero attached hydrogens (tertiary/aromatic N) is 2. The zero-order chi connectivity index (χ0) is 18.8. The zero-order valence-electron chi connectivity index (χ0n) is 14.1. The van der Waals surface area contributed by atoms with Gasteiger partial charge in [0.15, 0.2) is 5.69 Å². The van der Waals surface area contributed by atoms with Crippen LogP contribution < -0.4 is 10.6 Å². The molecule has 0 spiro atoms. The van der Waals surface area contributed by atoms with E-state index in [-0.39, 0.29) is 5.69 Å². The van der Waals surface area contributed by atoms with Gasteiger partial charge in [0.2, 0.25) is 0 Å². The molecule has 1 saturated carbocycles. The van der Waals surface area contributed by atoms with E-state index in [4.69, 9.17) is 16.1 Å². The monoisotopic (exact) mass is 382 g/mol. The van der Waals surface area contributed by atoms with Gasteiger partial charge in [0, 0.05) is 18.2 Å². The molecule has 8 heteroatoms. The Morgan fingerprint density at radius 1 is 1.07 bits per heavy atom. The number of halogens is 1. The van der Waals surface area contributed by atoms with Crippen LogP contribution in [0.3, 0.4) is 0 Å². The molecule has 1 aliphatic carbocycles. The summed E-state index contributed by atoms with van der Waals surface area (Å²) in [6.07, 6.45) is 3.54. The Labute approximate surface area is 159 Å². The molecule has 2 heterocycles. The van der Waals surface area contributed by atoms with E-state index in [2.05, 4.69) is 20.8 Å². The van der Waals surface area contributed by atoms with Gasteiger partial charge in [0.05, 0.1) is 16.3 Å². The Kier molecular flexibility index (Phi) is 4.60. The fourth-order valence-corrected chi connectivity index (χ4v) is 2.68. The summed E-state index contributed by atoms with van der Waals surface area (Å²) in [6, 6.07) is 11.6. The second kappa shape index (κ2) is 7.20. The van der Waals surface area contributed by atoms with Crippen LogP contribution in [-0.2, 0) is 0 Å². The first-order valence-corrected chi connectivity index (χ1v) is 8.78. The first kappa shape index (κ1) is 17.2. The Balaban J connectivity index is 1.50. The molecule has 3 aromatic rings. The maximum absolute atomic E-state index is 12.6. The van der Waals surface area contributed by atoms with Crippen molar-refractivity contribution < 1.29 is 14.1 Å². The number of benzene rings is 1. The Morgan fingerprint density at radius 3 is 2.63 bits per heavy atom. The van der Waals surface area contributed by atoms with Gasteiger partial charge in [0.25, 0.3) is 11.8 Å². The topological polar surface area (TPSA) is 97.1 Å². The number of rotatable bonds is 5. The van der Waals surface area contributed by atoms with Gasteiger partial charge in [-0.1, -0.05) is 28.9 Å². The summed E-state index contributed by atoms with van der Waals surface area (Å²) >= 11 is 5.79. The van der Waals surface area contributed by atoms with Crippen molar-refractivity contribution in [2.24, 2.45) is 0 Å². The fraction of sp³-hybridized carbons (Fsp3) is 0.158. The summed E-state index contributed by atoms with van der Waals surface area (Å²) in [5.41, 5.74) is 0.852. The molecule has 0 unspecified atom stereocenters. The van der Waals surface area contributed by atoms with Crippen LogP contribution in [0.5, 0.6) is 0 Å². The predicted molar refractivity (Wildman–Crippen MR) is 100 cm³/mol. The van der Waals surface area contributed by atoms with Gasteiger partial charge in [-0.05, 0) is 37.1 Å². The van der Waals surface area contributed by atoms with Gasteiger partial charge >= 0.3 is 0 Å². The van der Waals surface area contributed by atoms with E-state index < -0.39 is 11.8 Å². The van der Waals surface area contributed by atoms with Crippen molar-refractivity contribution in [3.05, 3.63) is 70.7 Å². The molecule has 0 saturated heterocycles. The van der Waals surface area contributed by atoms with E-state index in [1.54, 1.807) is 42.5 Å². The normalized spacial score (nSPS) is 13.2. The molecule has 2 aromatic heterocycles. The molecule has 0 aliphatic heterocycles. The van der Waals surface area contributed by atoms with Crippen LogP contribution in [0.25, 0.3) is 0 Å². The number of carbonyl (C=O) groups excluding carboxylic acids is 2. The predicted octanol–water partition coefficient (Wildman–Crippen LogP) is 4.11. The highest BCUT2D eigenvalue weighted by Gasteiger charge is 2.29. The third kappa shape index (κ3) is 3.98. The first-order chi connectivity index (χ1) is 13.1. The number of nitrogens with one attached hydrogen (secondary N) is 2. The third-order valence-electron chi connectivity index (χ3n) is 4.13. The summed E-state index contributed by atoms with van der Waals surface area (Å²) < 4.78 is 5.20. The molecule has 0 radical (unpaired) electrons. The number of carbonyl (C=O) groups is 2. The molecule has 136 valence electrons. The minimum absolute atomic E-state index is 0.187. The van der Waals surface area contributed by atoms with Crippen LogP contribution in [-0.4, -0.2) is 22.0 Å². The summed E-state index contributed by atoms with van der Waals surface area (Å²) in [5.74, 6) is 0.607. The maximum atomic E-state index is 12.6. The molecular weight excluding hydrogens is 368 g/mol. The van der Waals surface area contributed by atoms with Gasteiger partial charge in [-0.15, -0.1) is 0 Å². The van der Waals surface area contributed by atoms with Gasteiger partial charge in [-0.25, -0.2) is 4.98 Å². The van der Waals surface area contributed by atoms with Crippen molar-refractivity contribution >= 4 is 34.9 Å². The van der Waals surface area contributed by atoms with E-state index >= 15 is 0 Å². The molecule has 2 amide bonds. The SMILES string of the molecule is O=C(Nc1ccccc1C(=O)Nc1ccc(Cl)cn1)c1cc(C2CC2)on1. The highest BCUT2D eigenvalue weighted by molar-refractivity contribution is 6.30. The molecule has 1 aliphatic rings. The van der Waals surface area contributed by atoms with E-state index in [9.17, 15) is 9.59 Å². The van der Waals surface area contributed by atoms with Crippen molar-refractivity contribution in [3.63, 3.8) is 0 Å². The Bertz CT molecular complexity index is 996. The number of amides is 2. The molecule has 0 atom stereocenters. The molecule has 2 N–H and O–H groups in total. The molecule has 0 bridgehead atoms. The van der Waals surface area contributed by atoms with Crippen molar-refractivity contribution in [1.82, 2.24) is 10.1 Å². The summed E-state index contributed by atoms with van der Waals surface area (Å²) in [5, 5.41) is 9.67. The van der Waals surface area contributed by atoms with E-state index in [0.717, 1.165) is 18.6 Å². The summed E-state index contributed by atoms with van der Waals surface area (Å²) in [4.78, 5) is 29.1. The standard InChI is InChI=1S/C19H15ClN4O3/c20-12-7-8-17(21-10-12)23-18(25)13-3-1-2-4-14(13)22-19(26)15-9-16(27-24-15)11-5-6-11/h1-4,7-11H,5-6H2,(H,22,26)(H,21,23,25). The van der Waals surface area contributed by atoms with Crippen LogP contribution in [0.2, 0.25) is 5.02 Å². The highest BCUT2D eigenvalue weighted by atomic mass is 35.5. The largest absolute Gasteiger partial charge is 0.360 e. The van der Waals surface area contributed by atoms with Crippen LogP contribution in [0.4, 0.5) is 11.5 Å². The van der Waals surface area contributed by atoms with Gasteiger partial charge in [-0.3, -0.25) is 9.59 Å². The van der Waals surface area contributed by atoms with Crippen LogP contribution in [0, 0.1) is 0 Å². The minimum Gasteiger partial charge on any atom is -0.360 e. The van der Waals surface area contributed by atoms with Crippen LogP contribution in [0.15, 0.2) is 53.2 Å². The quantitative estimate of drug-likeness (QED) is 0.692. The zero-order valence-corrected chi connectivity index (χ0v) is 14.9. The molecular formula is C19H15ClN4O3. The lowest BCUT2D eigenvalue weighted by atomic mass is 10.1. The number of para-hydroxylation sites is 1.